The Morgan fingerprint density at radius 1 is 1.24 bits per heavy atom. The molecule has 0 radical (unpaired) electrons. The van der Waals surface area contributed by atoms with Crippen molar-refractivity contribution < 1.29 is 14.7 Å². The van der Waals surface area contributed by atoms with E-state index in [4.69, 9.17) is 10.4 Å². The number of rotatable bonds is 5. The van der Waals surface area contributed by atoms with Crippen molar-refractivity contribution in [2.75, 3.05) is 6.54 Å². The molecule has 1 saturated carbocycles. The number of carbonyl (C=O) groups excluding carboxylic acids is 1. The monoisotopic (exact) mass is 286 g/mol. The highest BCUT2D eigenvalue weighted by Crippen LogP contribution is 2.32. The van der Waals surface area contributed by atoms with Gasteiger partial charge in [-0.1, -0.05) is 30.3 Å². The van der Waals surface area contributed by atoms with E-state index in [9.17, 15) is 9.59 Å². The highest BCUT2D eigenvalue weighted by Gasteiger charge is 2.35. The van der Waals surface area contributed by atoms with Gasteiger partial charge in [0.2, 0.25) is 5.91 Å². The highest BCUT2D eigenvalue weighted by molar-refractivity contribution is 5.81. The topological polar surface area (TPSA) is 81.4 Å². The summed E-state index contributed by atoms with van der Waals surface area (Å²) in [4.78, 5) is 25.0. The van der Waals surface area contributed by atoms with Gasteiger partial charge in [-0.3, -0.25) is 9.59 Å². The van der Waals surface area contributed by atoms with Gasteiger partial charge in [-0.05, 0) is 24.8 Å². The molecule has 1 fully saturated rings. The molecule has 21 heavy (non-hydrogen) atoms. The number of hydrogen-bond donors (Lipinski definition) is 1. The number of carbonyl (C=O) groups is 2. The van der Waals surface area contributed by atoms with Crippen LogP contribution in [0, 0.1) is 23.2 Å². The minimum atomic E-state index is -0.833. The van der Waals surface area contributed by atoms with Crippen LogP contribution < -0.4 is 0 Å². The van der Waals surface area contributed by atoms with Crippen LogP contribution in [0.4, 0.5) is 0 Å². The van der Waals surface area contributed by atoms with Crippen LogP contribution in [0.3, 0.4) is 0 Å². The Kier molecular flexibility index (Phi) is 4.94. The standard InChI is InChI=1S/C16H18N2O3/c17-8-9-18(11-12-4-2-1-3-5-12)15(19)13-6-7-14(10-13)16(20)21/h1-5,13-14H,6-7,9-11H2,(H,20,21). The van der Waals surface area contributed by atoms with E-state index in [-0.39, 0.29) is 18.4 Å². The van der Waals surface area contributed by atoms with Crippen molar-refractivity contribution in [2.24, 2.45) is 11.8 Å². The summed E-state index contributed by atoms with van der Waals surface area (Å²) >= 11 is 0. The molecule has 1 N–H and O–H groups in total. The van der Waals surface area contributed by atoms with Gasteiger partial charge >= 0.3 is 5.97 Å². The van der Waals surface area contributed by atoms with Crippen molar-refractivity contribution in [2.45, 2.75) is 25.8 Å². The summed E-state index contributed by atoms with van der Waals surface area (Å²) in [6, 6.07) is 11.5. The van der Waals surface area contributed by atoms with Crippen molar-refractivity contribution in [1.29, 1.82) is 5.26 Å². The fraction of sp³-hybridized carbons (Fsp3) is 0.438. The number of hydrogen-bond acceptors (Lipinski definition) is 3. The Hall–Kier alpha value is -2.35. The molecule has 1 aromatic rings. The van der Waals surface area contributed by atoms with Gasteiger partial charge in [0.05, 0.1) is 12.0 Å². The second-order valence-electron chi connectivity index (χ2n) is 5.38. The number of carboxylic acid groups (broad SMARTS) is 1. The summed E-state index contributed by atoms with van der Waals surface area (Å²) in [6.07, 6.45) is 1.51. The van der Waals surface area contributed by atoms with Crippen LogP contribution in [0.2, 0.25) is 0 Å². The molecule has 0 bridgehead atoms. The SMILES string of the molecule is N#CCN(Cc1ccccc1)C(=O)C1CCC(C(=O)O)C1. The Morgan fingerprint density at radius 2 is 1.90 bits per heavy atom. The molecule has 0 spiro atoms. The number of nitrogens with zero attached hydrogens (tertiary/aromatic N) is 2. The molecular weight excluding hydrogens is 268 g/mol. The van der Waals surface area contributed by atoms with Crippen molar-refractivity contribution in [3.05, 3.63) is 35.9 Å². The van der Waals surface area contributed by atoms with Crippen LogP contribution in [-0.4, -0.2) is 28.4 Å². The second-order valence-corrected chi connectivity index (χ2v) is 5.38. The van der Waals surface area contributed by atoms with Crippen LogP contribution >= 0.6 is 0 Å². The van der Waals surface area contributed by atoms with Gasteiger partial charge in [0.25, 0.3) is 0 Å². The smallest absolute Gasteiger partial charge is 0.306 e. The van der Waals surface area contributed by atoms with Crippen molar-refractivity contribution in [3.8, 4) is 6.07 Å². The molecule has 5 heteroatoms. The quantitative estimate of drug-likeness (QED) is 0.840. The van der Waals surface area contributed by atoms with Gasteiger partial charge in [0.1, 0.15) is 6.54 Å². The maximum atomic E-state index is 12.5. The Balaban J connectivity index is 2.03. The van der Waals surface area contributed by atoms with Gasteiger partial charge in [0, 0.05) is 12.5 Å². The molecular formula is C16H18N2O3. The molecule has 5 nitrogen and oxygen atoms in total. The first-order chi connectivity index (χ1) is 10.1. The third-order valence-electron chi connectivity index (χ3n) is 3.92. The fourth-order valence-corrected chi connectivity index (χ4v) is 2.79. The molecule has 0 heterocycles. The Morgan fingerprint density at radius 3 is 2.48 bits per heavy atom. The second kappa shape index (κ2) is 6.89. The lowest BCUT2D eigenvalue weighted by Crippen LogP contribution is -2.35. The largest absolute Gasteiger partial charge is 0.481 e. The number of amides is 1. The third-order valence-corrected chi connectivity index (χ3v) is 3.92. The first-order valence-electron chi connectivity index (χ1n) is 7.04. The number of benzene rings is 1. The first-order valence-corrected chi connectivity index (χ1v) is 7.04. The number of nitriles is 1. The summed E-state index contributed by atoms with van der Waals surface area (Å²) in [6.45, 7) is 0.420. The van der Waals surface area contributed by atoms with E-state index in [2.05, 4.69) is 0 Å². The predicted octanol–water partition coefficient (Wildman–Crippen LogP) is 2.04. The predicted molar refractivity (Wildman–Crippen MR) is 75.9 cm³/mol. The van der Waals surface area contributed by atoms with Crippen LogP contribution in [0.5, 0.6) is 0 Å². The van der Waals surface area contributed by atoms with Gasteiger partial charge in [-0.15, -0.1) is 0 Å². The number of carboxylic acids is 1. The van der Waals surface area contributed by atoms with Crippen LogP contribution in [0.25, 0.3) is 0 Å². The van der Waals surface area contributed by atoms with E-state index < -0.39 is 11.9 Å². The van der Waals surface area contributed by atoms with E-state index in [0.29, 0.717) is 25.8 Å². The van der Waals surface area contributed by atoms with E-state index in [1.165, 1.54) is 4.90 Å². The van der Waals surface area contributed by atoms with E-state index in [1.807, 2.05) is 36.4 Å². The van der Waals surface area contributed by atoms with Gasteiger partial charge < -0.3 is 10.0 Å². The summed E-state index contributed by atoms with van der Waals surface area (Å²) < 4.78 is 0. The zero-order chi connectivity index (χ0) is 15.2. The van der Waals surface area contributed by atoms with Crippen LogP contribution in [0.15, 0.2) is 30.3 Å². The number of aliphatic carboxylic acids is 1. The first kappa shape index (κ1) is 15.0. The van der Waals surface area contributed by atoms with E-state index in [0.717, 1.165) is 5.56 Å². The lowest BCUT2D eigenvalue weighted by atomic mass is 10.0. The molecule has 0 aromatic heterocycles. The van der Waals surface area contributed by atoms with Crippen LogP contribution in [0.1, 0.15) is 24.8 Å². The summed E-state index contributed by atoms with van der Waals surface area (Å²) in [5.74, 6) is -1.65. The molecule has 1 amide bonds. The summed E-state index contributed by atoms with van der Waals surface area (Å²) in [7, 11) is 0. The summed E-state index contributed by atoms with van der Waals surface area (Å²) in [5.41, 5.74) is 0.967. The molecule has 1 aromatic carbocycles. The Bertz CT molecular complexity index is 550. The lowest BCUT2D eigenvalue weighted by Gasteiger charge is -2.23. The van der Waals surface area contributed by atoms with E-state index >= 15 is 0 Å². The molecule has 0 saturated heterocycles. The average Bonchev–Trinajstić information content (AvgIpc) is 2.97. The molecule has 110 valence electrons. The zero-order valence-electron chi connectivity index (χ0n) is 11.7. The molecule has 2 atom stereocenters. The third kappa shape index (κ3) is 3.82. The maximum absolute atomic E-state index is 12.5. The van der Waals surface area contributed by atoms with Crippen molar-refractivity contribution >= 4 is 11.9 Å². The Labute approximate surface area is 123 Å². The molecule has 2 unspecified atom stereocenters. The van der Waals surface area contributed by atoms with Crippen molar-refractivity contribution in [1.82, 2.24) is 4.90 Å². The fourth-order valence-electron chi connectivity index (χ4n) is 2.79. The minimum Gasteiger partial charge on any atom is -0.481 e. The van der Waals surface area contributed by atoms with Gasteiger partial charge in [0.15, 0.2) is 0 Å². The summed E-state index contributed by atoms with van der Waals surface area (Å²) in [5, 5.41) is 17.9. The van der Waals surface area contributed by atoms with Gasteiger partial charge in [-0.2, -0.15) is 5.26 Å². The van der Waals surface area contributed by atoms with Crippen molar-refractivity contribution in [3.63, 3.8) is 0 Å². The van der Waals surface area contributed by atoms with E-state index in [1.54, 1.807) is 0 Å². The van der Waals surface area contributed by atoms with Gasteiger partial charge in [-0.25, -0.2) is 0 Å². The maximum Gasteiger partial charge on any atom is 0.306 e. The van der Waals surface area contributed by atoms with Crippen LogP contribution in [-0.2, 0) is 16.1 Å². The molecule has 1 aliphatic carbocycles. The molecule has 1 aliphatic rings. The lowest BCUT2D eigenvalue weighted by molar-refractivity contribution is -0.141. The zero-order valence-corrected chi connectivity index (χ0v) is 11.7. The molecule has 0 aliphatic heterocycles. The molecule has 2 rings (SSSR count). The average molecular weight is 286 g/mol. The minimum absolute atomic E-state index is 0.0297. The normalized spacial score (nSPS) is 20.7. The highest BCUT2D eigenvalue weighted by atomic mass is 16.4.